The van der Waals surface area contributed by atoms with E-state index >= 15 is 0 Å². The molecule has 1 aromatic carbocycles. The molecule has 2 heterocycles. The molecule has 2 aromatic rings. The lowest BCUT2D eigenvalue weighted by atomic mass is 10.1. The molecule has 1 fully saturated rings. The molecule has 33 heavy (non-hydrogen) atoms. The van der Waals surface area contributed by atoms with E-state index in [2.05, 4.69) is 36.7 Å². The smallest absolute Gasteiger partial charge is 0.410 e. The third-order valence-electron chi connectivity index (χ3n) is 4.79. The number of aromatic nitrogens is 2. The Labute approximate surface area is 200 Å². The van der Waals surface area contributed by atoms with Gasteiger partial charge in [-0.25, -0.2) is 9.42 Å². The number of hydrogen-bond acceptors (Lipinski definition) is 9. The SMILES string of the molecule is CO/N=C(/c1nonc1NC1CCN(C(=O)OC(C)(C)C)CC1)N(C=O)c1cccc(Br)c1. The maximum absolute atomic E-state index is 12.3. The van der Waals surface area contributed by atoms with E-state index < -0.39 is 5.60 Å². The third-order valence-corrected chi connectivity index (χ3v) is 5.28. The molecule has 1 aliphatic heterocycles. The number of amidine groups is 1. The molecule has 0 aliphatic carbocycles. The van der Waals surface area contributed by atoms with Gasteiger partial charge in [-0.3, -0.25) is 9.69 Å². The van der Waals surface area contributed by atoms with Gasteiger partial charge in [0.15, 0.2) is 5.69 Å². The quantitative estimate of drug-likeness (QED) is 0.264. The van der Waals surface area contributed by atoms with E-state index in [4.69, 9.17) is 14.2 Å². The van der Waals surface area contributed by atoms with Gasteiger partial charge in [0, 0.05) is 23.6 Å². The summed E-state index contributed by atoms with van der Waals surface area (Å²) in [5.41, 5.74) is 0.233. The van der Waals surface area contributed by atoms with Crippen LogP contribution in [0.1, 0.15) is 39.3 Å². The number of ether oxygens (including phenoxy) is 1. The van der Waals surface area contributed by atoms with Crippen molar-refractivity contribution in [1.29, 1.82) is 0 Å². The number of carbonyl (C=O) groups excluding carboxylic acids is 2. The van der Waals surface area contributed by atoms with Crippen LogP contribution in [0.4, 0.5) is 16.3 Å². The highest BCUT2D eigenvalue weighted by molar-refractivity contribution is 9.10. The average Bonchev–Trinajstić information content (AvgIpc) is 3.21. The standard InChI is InChI=1S/C21H27BrN6O5/c1-21(2,3)32-20(30)27-10-8-15(9-11-27)23-18-17(24-33-25-18)19(26-31-4)28(13-29)16-7-5-6-14(22)12-16/h5-7,12-13,15H,8-11H2,1-4H3,(H,23,25)/b26-19-. The second-order valence-electron chi connectivity index (χ2n) is 8.40. The summed E-state index contributed by atoms with van der Waals surface area (Å²) in [6, 6.07) is 7.14. The van der Waals surface area contributed by atoms with E-state index in [0.29, 0.717) is 43.8 Å². The summed E-state index contributed by atoms with van der Waals surface area (Å²) in [7, 11) is 1.37. The predicted octanol–water partition coefficient (Wildman–Crippen LogP) is 3.61. The Bertz CT molecular complexity index is 997. The molecule has 178 valence electrons. The molecular formula is C21H27BrN6O5. The molecule has 1 saturated heterocycles. The zero-order chi connectivity index (χ0) is 24.0. The van der Waals surface area contributed by atoms with E-state index in [0.717, 1.165) is 4.47 Å². The Balaban J connectivity index is 1.73. The zero-order valence-electron chi connectivity index (χ0n) is 18.9. The van der Waals surface area contributed by atoms with Crippen molar-refractivity contribution in [3.05, 3.63) is 34.4 Å². The van der Waals surface area contributed by atoms with Gasteiger partial charge in [0.05, 0.1) is 5.69 Å². The molecule has 0 atom stereocenters. The fraction of sp³-hybridized carbons (Fsp3) is 0.476. The minimum absolute atomic E-state index is 0.00804. The number of carbonyl (C=O) groups is 2. The van der Waals surface area contributed by atoms with Crippen molar-refractivity contribution in [2.45, 2.75) is 45.3 Å². The lowest BCUT2D eigenvalue weighted by Crippen LogP contribution is -2.44. The Hall–Kier alpha value is -3.15. The zero-order valence-corrected chi connectivity index (χ0v) is 20.5. The Morgan fingerprint density at radius 1 is 1.33 bits per heavy atom. The fourth-order valence-corrected chi connectivity index (χ4v) is 3.69. The normalized spacial score (nSPS) is 15.2. The van der Waals surface area contributed by atoms with Gasteiger partial charge in [-0.2, -0.15) is 0 Å². The summed E-state index contributed by atoms with van der Waals surface area (Å²) in [5, 5.41) is 15.2. The number of likely N-dealkylation sites (tertiary alicyclic amines) is 1. The molecule has 1 N–H and O–H groups in total. The van der Waals surface area contributed by atoms with Crippen LogP contribution in [0.25, 0.3) is 0 Å². The summed E-state index contributed by atoms with van der Waals surface area (Å²) >= 11 is 3.40. The fourth-order valence-electron chi connectivity index (χ4n) is 3.30. The molecular weight excluding hydrogens is 496 g/mol. The van der Waals surface area contributed by atoms with Gasteiger partial charge >= 0.3 is 6.09 Å². The molecule has 0 saturated carbocycles. The predicted molar refractivity (Wildman–Crippen MR) is 125 cm³/mol. The number of rotatable bonds is 6. The van der Waals surface area contributed by atoms with Crippen LogP contribution in [-0.2, 0) is 14.4 Å². The highest BCUT2D eigenvalue weighted by Crippen LogP contribution is 2.24. The first-order chi connectivity index (χ1) is 15.7. The first kappa shape index (κ1) is 24.5. The van der Waals surface area contributed by atoms with Crippen molar-refractivity contribution in [3.63, 3.8) is 0 Å². The largest absolute Gasteiger partial charge is 0.444 e. The first-order valence-corrected chi connectivity index (χ1v) is 11.2. The number of halogens is 1. The second-order valence-corrected chi connectivity index (χ2v) is 9.32. The molecule has 0 unspecified atom stereocenters. The van der Waals surface area contributed by atoms with Crippen molar-refractivity contribution >= 4 is 45.8 Å². The van der Waals surface area contributed by atoms with E-state index in [-0.39, 0.29) is 23.7 Å². The van der Waals surface area contributed by atoms with Crippen LogP contribution in [0.5, 0.6) is 0 Å². The number of nitrogens with zero attached hydrogens (tertiary/aromatic N) is 5. The Kier molecular flexibility index (Phi) is 7.90. The van der Waals surface area contributed by atoms with E-state index in [1.54, 1.807) is 23.1 Å². The van der Waals surface area contributed by atoms with Crippen LogP contribution in [0.15, 0.2) is 38.5 Å². The summed E-state index contributed by atoms with van der Waals surface area (Å²) in [5.74, 6) is 0.434. The number of anilines is 2. The number of amides is 2. The van der Waals surface area contributed by atoms with Gasteiger partial charge in [-0.1, -0.05) is 27.2 Å². The topological polar surface area (TPSA) is 122 Å². The van der Waals surface area contributed by atoms with Crippen molar-refractivity contribution in [2.75, 3.05) is 30.4 Å². The van der Waals surface area contributed by atoms with E-state index in [9.17, 15) is 9.59 Å². The number of hydrogen-bond donors (Lipinski definition) is 1. The van der Waals surface area contributed by atoms with Crippen LogP contribution in [-0.4, -0.2) is 65.4 Å². The van der Waals surface area contributed by atoms with Crippen LogP contribution >= 0.6 is 15.9 Å². The third kappa shape index (κ3) is 6.44. The highest BCUT2D eigenvalue weighted by atomic mass is 79.9. The average molecular weight is 523 g/mol. The Morgan fingerprint density at radius 2 is 2.06 bits per heavy atom. The van der Waals surface area contributed by atoms with Crippen LogP contribution in [0.2, 0.25) is 0 Å². The molecule has 3 rings (SSSR count). The van der Waals surface area contributed by atoms with Crippen molar-refractivity contribution in [3.8, 4) is 0 Å². The number of nitrogens with one attached hydrogen (secondary N) is 1. The summed E-state index contributed by atoms with van der Waals surface area (Å²) in [4.78, 5) is 32.2. The van der Waals surface area contributed by atoms with Crippen molar-refractivity contribution in [1.82, 2.24) is 15.2 Å². The molecule has 2 amide bonds. The summed E-state index contributed by atoms with van der Waals surface area (Å²) in [6.45, 7) is 6.59. The van der Waals surface area contributed by atoms with Gasteiger partial charge in [-0.05, 0) is 62.1 Å². The maximum atomic E-state index is 12.3. The molecule has 1 aliphatic rings. The molecule has 11 nitrogen and oxygen atoms in total. The minimum Gasteiger partial charge on any atom is -0.444 e. The monoisotopic (exact) mass is 522 g/mol. The van der Waals surface area contributed by atoms with E-state index in [1.807, 2.05) is 26.8 Å². The number of piperidine rings is 1. The van der Waals surface area contributed by atoms with E-state index in [1.165, 1.54) is 12.0 Å². The van der Waals surface area contributed by atoms with Gasteiger partial charge in [0.1, 0.15) is 12.7 Å². The molecule has 0 bridgehead atoms. The first-order valence-electron chi connectivity index (χ1n) is 10.4. The molecule has 12 heteroatoms. The Morgan fingerprint density at radius 3 is 2.67 bits per heavy atom. The summed E-state index contributed by atoms with van der Waals surface area (Å²) < 4.78 is 11.2. The van der Waals surface area contributed by atoms with Gasteiger partial charge in [0.2, 0.25) is 18.1 Å². The molecule has 1 aromatic heterocycles. The van der Waals surface area contributed by atoms with Gasteiger partial charge < -0.3 is 19.8 Å². The molecule has 0 radical (unpaired) electrons. The summed E-state index contributed by atoms with van der Waals surface area (Å²) in [6.07, 6.45) is 1.63. The van der Waals surface area contributed by atoms with Crippen LogP contribution in [0.3, 0.4) is 0 Å². The maximum Gasteiger partial charge on any atom is 0.410 e. The lowest BCUT2D eigenvalue weighted by molar-refractivity contribution is -0.106. The van der Waals surface area contributed by atoms with Gasteiger partial charge in [-0.15, -0.1) is 0 Å². The van der Waals surface area contributed by atoms with Crippen LogP contribution in [0, 0.1) is 0 Å². The minimum atomic E-state index is -0.538. The molecule has 0 spiro atoms. The van der Waals surface area contributed by atoms with Gasteiger partial charge in [0.25, 0.3) is 0 Å². The van der Waals surface area contributed by atoms with Crippen molar-refractivity contribution in [2.24, 2.45) is 5.16 Å². The van der Waals surface area contributed by atoms with Crippen molar-refractivity contribution < 1.29 is 23.8 Å². The lowest BCUT2D eigenvalue weighted by Gasteiger charge is -2.33. The number of oxime groups is 1. The highest BCUT2D eigenvalue weighted by Gasteiger charge is 2.30. The second kappa shape index (κ2) is 10.6. The van der Waals surface area contributed by atoms with Crippen LogP contribution < -0.4 is 10.2 Å². The number of benzene rings is 1.